The van der Waals surface area contributed by atoms with Crippen LogP contribution in [0.5, 0.6) is 0 Å². The molecule has 0 N–H and O–H groups in total. The number of amides is 2. The summed E-state index contributed by atoms with van der Waals surface area (Å²) in [6.07, 6.45) is 6.60. The molecule has 4 nitrogen and oxygen atoms in total. The molecule has 1 aromatic carbocycles. The zero-order valence-corrected chi connectivity index (χ0v) is 13.5. The zero-order valence-electron chi connectivity index (χ0n) is 11.9. The number of imide groups is 1. The SMILES string of the molecule is O=C1S/C(=C\C=C\c2ccco2)C(=O)N1Cc1cccc(Cl)c1. The lowest BCUT2D eigenvalue weighted by Gasteiger charge is -2.12. The van der Waals surface area contributed by atoms with Gasteiger partial charge in [-0.3, -0.25) is 14.5 Å². The molecule has 23 heavy (non-hydrogen) atoms. The monoisotopic (exact) mass is 345 g/mol. The van der Waals surface area contributed by atoms with Crippen molar-refractivity contribution in [2.75, 3.05) is 0 Å². The van der Waals surface area contributed by atoms with Crippen molar-refractivity contribution in [3.05, 3.63) is 76.1 Å². The van der Waals surface area contributed by atoms with Crippen LogP contribution in [0.4, 0.5) is 4.79 Å². The van der Waals surface area contributed by atoms with Crippen LogP contribution in [0.2, 0.25) is 5.02 Å². The van der Waals surface area contributed by atoms with Gasteiger partial charge in [-0.25, -0.2) is 0 Å². The van der Waals surface area contributed by atoms with E-state index in [2.05, 4.69) is 0 Å². The average molecular weight is 346 g/mol. The molecular weight excluding hydrogens is 334 g/mol. The van der Waals surface area contributed by atoms with Gasteiger partial charge in [0.15, 0.2) is 0 Å². The maximum absolute atomic E-state index is 12.3. The lowest BCUT2D eigenvalue weighted by Crippen LogP contribution is -2.27. The van der Waals surface area contributed by atoms with Gasteiger partial charge in [0.05, 0.1) is 17.7 Å². The molecule has 1 aromatic heterocycles. The van der Waals surface area contributed by atoms with Crippen molar-refractivity contribution in [1.82, 2.24) is 4.90 Å². The fraction of sp³-hybridized carbons (Fsp3) is 0.0588. The van der Waals surface area contributed by atoms with E-state index >= 15 is 0 Å². The minimum atomic E-state index is -0.302. The molecule has 1 aliphatic rings. The molecule has 0 aliphatic carbocycles. The van der Waals surface area contributed by atoms with E-state index in [9.17, 15) is 9.59 Å². The number of thioether (sulfide) groups is 1. The molecular formula is C17H12ClNO3S. The molecule has 6 heteroatoms. The molecule has 0 radical (unpaired) electrons. The summed E-state index contributed by atoms with van der Waals surface area (Å²) in [5.74, 6) is 0.378. The van der Waals surface area contributed by atoms with E-state index in [-0.39, 0.29) is 17.7 Å². The van der Waals surface area contributed by atoms with E-state index < -0.39 is 0 Å². The molecule has 3 rings (SSSR count). The molecule has 0 bridgehead atoms. The Bertz CT molecular complexity index is 796. The smallest absolute Gasteiger partial charge is 0.293 e. The van der Waals surface area contributed by atoms with Crippen LogP contribution in [0.15, 0.2) is 64.1 Å². The molecule has 1 saturated heterocycles. The predicted molar refractivity (Wildman–Crippen MR) is 90.8 cm³/mol. The normalized spacial score (nSPS) is 16.9. The van der Waals surface area contributed by atoms with E-state index in [1.807, 2.05) is 6.07 Å². The summed E-state index contributed by atoms with van der Waals surface area (Å²) in [6.45, 7) is 0.213. The minimum absolute atomic E-state index is 0.213. The first-order chi connectivity index (χ1) is 11.1. The summed E-state index contributed by atoms with van der Waals surface area (Å²) in [5, 5.41) is 0.291. The van der Waals surface area contributed by atoms with Crippen molar-refractivity contribution in [2.45, 2.75) is 6.54 Å². The van der Waals surface area contributed by atoms with E-state index in [1.165, 1.54) is 4.90 Å². The first-order valence-corrected chi connectivity index (χ1v) is 8.03. The van der Waals surface area contributed by atoms with Crippen molar-refractivity contribution in [2.24, 2.45) is 0 Å². The topological polar surface area (TPSA) is 50.5 Å². The van der Waals surface area contributed by atoms with Gasteiger partial charge in [-0.2, -0.15) is 0 Å². The van der Waals surface area contributed by atoms with Crippen LogP contribution < -0.4 is 0 Å². The summed E-state index contributed by atoms with van der Waals surface area (Å²) in [5.41, 5.74) is 0.812. The summed E-state index contributed by atoms with van der Waals surface area (Å²) >= 11 is 6.85. The van der Waals surface area contributed by atoms with Crippen molar-refractivity contribution in [1.29, 1.82) is 0 Å². The molecule has 0 unspecified atom stereocenters. The first-order valence-electron chi connectivity index (χ1n) is 6.83. The third kappa shape index (κ3) is 3.75. The lowest BCUT2D eigenvalue weighted by atomic mass is 10.2. The second-order valence-electron chi connectivity index (χ2n) is 4.79. The maximum Gasteiger partial charge on any atom is 0.293 e. The van der Waals surface area contributed by atoms with Crippen LogP contribution in [0, 0.1) is 0 Å². The van der Waals surface area contributed by atoms with Gasteiger partial charge in [0.25, 0.3) is 11.1 Å². The van der Waals surface area contributed by atoms with Gasteiger partial charge < -0.3 is 4.42 Å². The number of halogens is 1. The van der Waals surface area contributed by atoms with Crippen LogP contribution in [0.1, 0.15) is 11.3 Å². The number of furan rings is 1. The quantitative estimate of drug-likeness (QED) is 0.752. The van der Waals surface area contributed by atoms with Crippen LogP contribution >= 0.6 is 23.4 Å². The molecule has 1 fully saturated rings. The summed E-state index contributed by atoms with van der Waals surface area (Å²) in [4.78, 5) is 26.0. The Morgan fingerprint density at radius 2 is 2.09 bits per heavy atom. The van der Waals surface area contributed by atoms with E-state index in [1.54, 1.807) is 54.8 Å². The number of benzene rings is 1. The predicted octanol–water partition coefficient (Wildman–Crippen LogP) is 4.73. The molecule has 2 heterocycles. The fourth-order valence-corrected chi connectivity index (χ4v) is 3.09. The van der Waals surface area contributed by atoms with Gasteiger partial charge in [-0.1, -0.05) is 29.8 Å². The second kappa shape index (κ2) is 6.89. The Hall–Kier alpha value is -2.24. The molecule has 2 aromatic rings. The van der Waals surface area contributed by atoms with Crippen molar-refractivity contribution >= 4 is 40.6 Å². The molecule has 2 amide bonds. The lowest BCUT2D eigenvalue weighted by molar-refractivity contribution is -0.123. The summed E-state index contributed by atoms with van der Waals surface area (Å²) in [7, 11) is 0. The number of hydrogen-bond acceptors (Lipinski definition) is 4. The molecule has 0 spiro atoms. The zero-order chi connectivity index (χ0) is 16.2. The van der Waals surface area contributed by atoms with E-state index in [0.29, 0.717) is 15.7 Å². The molecule has 116 valence electrons. The average Bonchev–Trinajstić information content (AvgIpc) is 3.12. The van der Waals surface area contributed by atoms with Gasteiger partial charge in [0.1, 0.15) is 5.76 Å². The highest BCUT2D eigenvalue weighted by molar-refractivity contribution is 8.18. The largest absolute Gasteiger partial charge is 0.465 e. The highest BCUT2D eigenvalue weighted by atomic mass is 35.5. The minimum Gasteiger partial charge on any atom is -0.465 e. The van der Waals surface area contributed by atoms with Gasteiger partial charge >= 0.3 is 0 Å². The number of allylic oxidation sites excluding steroid dienone is 2. The number of hydrogen-bond donors (Lipinski definition) is 0. The van der Waals surface area contributed by atoms with Crippen molar-refractivity contribution in [3.63, 3.8) is 0 Å². The van der Waals surface area contributed by atoms with Crippen LogP contribution in [0.3, 0.4) is 0 Å². The Morgan fingerprint density at radius 3 is 2.83 bits per heavy atom. The van der Waals surface area contributed by atoms with E-state index in [0.717, 1.165) is 17.3 Å². The number of carbonyl (C=O) groups excluding carboxylic acids is 2. The fourth-order valence-electron chi connectivity index (χ4n) is 2.08. The van der Waals surface area contributed by atoms with Crippen molar-refractivity contribution < 1.29 is 14.0 Å². The Balaban J connectivity index is 1.72. The molecule has 1 aliphatic heterocycles. The molecule has 0 saturated carbocycles. The second-order valence-corrected chi connectivity index (χ2v) is 6.22. The third-order valence-electron chi connectivity index (χ3n) is 3.15. The summed E-state index contributed by atoms with van der Waals surface area (Å²) < 4.78 is 5.16. The maximum atomic E-state index is 12.3. The van der Waals surface area contributed by atoms with Crippen LogP contribution in [-0.4, -0.2) is 16.0 Å². The highest BCUT2D eigenvalue weighted by Crippen LogP contribution is 2.32. The van der Waals surface area contributed by atoms with Crippen molar-refractivity contribution in [3.8, 4) is 0 Å². The van der Waals surface area contributed by atoms with Crippen LogP contribution in [0.25, 0.3) is 6.08 Å². The van der Waals surface area contributed by atoms with Gasteiger partial charge in [0, 0.05) is 5.02 Å². The first kappa shape index (κ1) is 15.6. The Morgan fingerprint density at radius 1 is 1.22 bits per heavy atom. The Labute approximate surface area is 142 Å². The number of carbonyl (C=O) groups is 2. The number of rotatable bonds is 4. The van der Waals surface area contributed by atoms with Crippen LogP contribution in [-0.2, 0) is 11.3 Å². The van der Waals surface area contributed by atoms with Gasteiger partial charge in [-0.15, -0.1) is 0 Å². The van der Waals surface area contributed by atoms with E-state index in [4.69, 9.17) is 16.0 Å². The standard InChI is InChI=1S/C17H12ClNO3S/c18-13-5-1-4-12(10-13)11-19-16(20)15(23-17(19)21)8-2-6-14-7-3-9-22-14/h1-10H,11H2/b6-2+,15-8-. The summed E-state index contributed by atoms with van der Waals surface area (Å²) in [6, 6.07) is 10.7. The van der Waals surface area contributed by atoms with Gasteiger partial charge in [-0.05, 0) is 53.7 Å². The highest BCUT2D eigenvalue weighted by Gasteiger charge is 2.34. The third-order valence-corrected chi connectivity index (χ3v) is 4.32. The molecule has 0 atom stereocenters. The van der Waals surface area contributed by atoms with Gasteiger partial charge in [0.2, 0.25) is 0 Å². The number of nitrogens with zero attached hydrogens (tertiary/aromatic N) is 1. The Kier molecular flexibility index (Phi) is 4.69.